The number of ether oxygens (including phenoxy) is 1. The summed E-state index contributed by atoms with van der Waals surface area (Å²) in [5.41, 5.74) is 1.67. The average molecular weight is 598 g/mol. The Balaban J connectivity index is 1.47. The van der Waals surface area contributed by atoms with Gasteiger partial charge in [0.2, 0.25) is 5.91 Å². The van der Waals surface area contributed by atoms with Crippen molar-refractivity contribution in [2.45, 2.75) is 145 Å². The zero-order chi connectivity index (χ0) is 31.6. The fraction of sp³-hybridized carbons (Fsp3) is 0.865. The summed E-state index contributed by atoms with van der Waals surface area (Å²) in [4.78, 5) is 37.5. The Bertz CT molecular complexity index is 1170. The van der Waals surface area contributed by atoms with E-state index in [4.69, 9.17) is 9.84 Å². The number of carbonyl (C=O) groups excluding carboxylic acids is 2. The first-order chi connectivity index (χ1) is 20.0. The molecule has 43 heavy (non-hydrogen) atoms. The molecule has 6 nitrogen and oxygen atoms in total. The molecular formula is C37H59NO5. The van der Waals surface area contributed by atoms with E-state index in [1.807, 2.05) is 6.92 Å². The largest absolute Gasteiger partial charge is 0.481 e. The van der Waals surface area contributed by atoms with Gasteiger partial charge in [-0.25, -0.2) is 0 Å². The molecule has 5 aliphatic rings. The highest BCUT2D eigenvalue weighted by atomic mass is 16.5. The highest BCUT2D eigenvalue weighted by Crippen LogP contribution is 2.75. The Morgan fingerprint density at radius 3 is 2.30 bits per heavy atom. The lowest BCUT2D eigenvalue weighted by molar-refractivity contribution is -0.212. The van der Waals surface area contributed by atoms with Gasteiger partial charge >= 0.3 is 11.9 Å². The number of fused-ring (bicyclic) bond motifs is 7. The third-order valence-corrected chi connectivity index (χ3v) is 14.4. The molecule has 0 aromatic carbocycles. The monoisotopic (exact) mass is 597 g/mol. The van der Waals surface area contributed by atoms with Crippen molar-refractivity contribution >= 4 is 17.8 Å². The van der Waals surface area contributed by atoms with Crippen LogP contribution in [0, 0.1) is 50.2 Å². The second-order valence-electron chi connectivity index (χ2n) is 17.3. The lowest BCUT2D eigenvalue weighted by atomic mass is 9.33. The Kier molecular flexibility index (Phi) is 8.25. The van der Waals surface area contributed by atoms with E-state index >= 15 is 0 Å². The fourth-order valence-corrected chi connectivity index (χ4v) is 11.7. The normalized spacial score (nSPS) is 42.7. The number of carbonyl (C=O) groups is 3. The minimum atomic E-state index is -0.810. The molecular weight excluding hydrogens is 538 g/mol. The Labute approximate surface area is 260 Å². The second kappa shape index (κ2) is 10.9. The van der Waals surface area contributed by atoms with E-state index in [1.165, 1.54) is 6.42 Å². The number of carboxylic acids is 1. The van der Waals surface area contributed by atoms with Crippen molar-refractivity contribution in [3.8, 4) is 0 Å². The molecule has 0 aromatic rings. The van der Waals surface area contributed by atoms with Crippen LogP contribution in [0.3, 0.4) is 0 Å². The van der Waals surface area contributed by atoms with E-state index in [9.17, 15) is 14.4 Å². The van der Waals surface area contributed by atoms with Gasteiger partial charge in [-0.1, -0.05) is 67.0 Å². The summed E-state index contributed by atoms with van der Waals surface area (Å²) < 4.78 is 6.06. The first-order valence-corrected chi connectivity index (χ1v) is 17.4. The summed E-state index contributed by atoms with van der Waals surface area (Å²) in [6, 6.07) is 0. The van der Waals surface area contributed by atoms with Crippen LogP contribution in [0.1, 0.15) is 139 Å². The fourth-order valence-electron chi connectivity index (χ4n) is 11.7. The summed E-state index contributed by atoms with van der Waals surface area (Å²) in [6.07, 6.45) is 14.0. The molecule has 1 amide bonds. The summed E-state index contributed by atoms with van der Waals surface area (Å²) in [5.74, 6) is 0.573. The second-order valence-corrected chi connectivity index (χ2v) is 17.3. The van der Waals surface area contributed by atoms with Gasteiger partial charge < -0.3 is 15.2 Å². The standard InChI is InChI=1S/C37H59NO5/c1-9-30(41)43-28-15-16-34(6)26(33(28,4)5)14-17-36(8)27(34)13-12-24-25-23-32(2,3)18-20-37(25,21-19-35(24,36)7)31(42)38-22-10-11-29(39)40/h12,25-28H,9-11,13-23H2,1-8H3,(H,38,42)(H,39,40)/t25?,26?,27?,28-,34-,35+,36+,37-/m0/s1. The van der Waals surface area contributed by atoms with Gasteiger partial charge in [-0.05, 0) is 110 Å². The van der Waals surface area contributed by atoms with Crippen LogP contribution in [0.15, 0.2) is 11.6 Å². The summed E-state index contributed by atoms with van der Waals surface area (Å²) >= 11 is 0. The van der Waals surface area contributed by atoms with Gasteiger partial charge in [0.15, 0.2) is 0 Å². The van der Waals surface area contributed by atoms with Crippen LogP contribution in [-0.2, 0) is 19.1 Å². The molecule has 2 N–H and O–H groups in total. The number of hydrogen-bond acceptors (Lipinski definition) is 4. The third kappa shape index (κ3) is 5.00. The lowest BCUT2D eigenvalue weighted by Gasteiger charge is -2.71. The van der Waals surface area contributed by atoms with E-state index in [2.05, 4.69) is 59.9 Å². The highest BCUT2D eigenvalue weighted by molar-refractivity contribution is 5.84. The minimum Gasteiger partial charge on any atom is -0.481 e. The molecule has 0 spiro atoms. The number of nitrogens with one attached hydrogen (secondary N) is 1. The van der Waals surface area contributed by atoms with E-state index in [1.54, 1.807) is 5.57 Å². The summed E-state index contributed by atoms with van der Waals surface area (Å²) in [6.45, 7) is 19.5. The number of amides is 1. The zero-order valence-electron chi connectivity index (χ0n) is 28.4. The molecule has 0 bridgehead atoms. The van der Waals surface area contributed by atoms with Crippen molar-refractivity contribution in [1.29, 1.82) is 0 Å². The molecule has 0 saturated heterocycles. The van der Waals surface area contributed by atoms with Crippen molar-refractivity contribution in [2.24, 2.45) is 50.2 Å². The Morgan fingerprint density at radius 1 is 0.930 bits per heavy atom. The SMILES string of the molecule is CCC(=O)O[C@H]1CC[C@@]2(C)C(CC[C@]3(C)C2CC=C2C4CC(C)(C)CC[C@]4(C(=O)NCCCC(=O)O)CC[C@]23C)C1(C)C. The van der Waals surface area contributed by atoms with Gasteiger partial charge in [0.25, 0.3) is 0 Å². The van der Waals surface area contributed by atoms with Crippen LogP contribution < -0.4 is 5.32 Å². The number of allylic oxidation sites excluding steroid dienone is 2. The molecule has 5 rings (SSSR count). The van der Waals surface area contributed by atoms with Gasteiger partial charge in [-0.2, -0.15) is 0 Å². The molecule has 0 aromatic heterocycles. The van der Waals surface area contributed by atoms with Crippen molar-refractivity contribution in [2.75, 3.05) is 6.54 Å². The van der Waals surface area contributed by atoms with Crippen LogP contribution in [0.5, 0.6) is 0 Å². The van der Waals surface area contributed by atoms with E-state index in [0.29, 0.717) is 31.2 Å². The zero-order valence-corrected chi connectivity index (χ0v) is 28.4. The lowest BCUT2D eigenvalue weighted by Crippen LogP contribution is -2.65. The van der Waals surface area contributed by atoms with Crippen molar-refractivity contribution in [1.82, 2.24) is 5.32 Å². The van der Waals surface area contributed by atoms with Crippen LogP contribution in [0.25, 0.3) is 0 Å². The quantitative estimate of drug-likeness (QED) is 0.176. The van der Waals surface area contributed by atoms with Gasteiger partial charge in [-0.15, -0.1) is 0 Å². The maximum Gasteiger partial charge on any atom is 0.305 e. The number of carboxylic acid groups (broad SMARTS) is 1. The van der Waals surface area contributed by atoms with Crippen molar-refractivity contribution in [3.05, 3.63) is 11.6 Å². The maximum absolute atomic E-state index is 14.1. The topological polar surface area (TPSA) is 92.7 Å². The highest BCUT2D eigenvalue weighted by Gasteiger charge is 2.69. The van der Waals surface area contributed by atoms with Gasteiger partial charge in [0.05, 0.1) is 5.41 Å². The molecule has 4 fully saturated rings. The van der Waals surface area contributed by atoms with E-state index < -0.39 is 11.4 Å². The summed E-state index contributed by atoms with van der Waals surface area (Å²) in [5, 5.41) is 12.3. The Hall–Kier alpha value is -1.85. The predicted molar refractivity (Wildman–Crippen MR) is 169 cm³/mol. The number of hydrogen-bond donors (Lipinski definition) is 2. The molecule has 3 unspecified atom stereocenters. The molecule has 4 saturated carbocycles. The van der Waals surface area contributed by atoms with E-state index in [0.717, 1.165) is 57.8 Å². The van der Waals surface area contributed by atoms with Crippen molar-refractivity contribution in [3.63, 3.8) is 0 Å². The first kappa shape index (κ1) is 32.5. The smallest absolute Gasteiger partial charge is 0.305 e. The molecule has 242 valence electrons. The molecule has 6 heteroatoms. The maximum atomic E-state index is 14.1. The molecule has 8 atom stereocenters. The molecule has 5 aliphatic carbocycles. The van der Waals surface area contributed by atoms with Crippen molar-refractivity contribution < 1.29 is 24.2 Å². The third-order valence-electron chi connectivity index (χ3n) is 14.4. The molecule has 0 aliphatic heterocycles. The minimum absolute atomic E-state index is 0.0126. The number of rotatable bonds is 7. The van der Waals surface area contributed by atoms with Crippen LogP contribution in [0.2, 0.25) is 0 Å². The molecule has 0 heterocycles. The first-order valence-electron chi connectivity index (χ1n) is 17.4. The van der Waals surface area contributed by atoms with Crippen LogP contribution in [-0.4, -0.2) is 35.6 Å². The number of esters is 1. The van der Waals surface area contributed by atoms with Gasteiger partial charge in [-0.3, -0.25) is 14.4 Å². The number of aliphatic carboxylic acids is 1. The molecule has 0 radical (unpaired) electrons. The van der Waals surface area contributed by atoms with Crippen LogP contribution >= 0.6 is 0 Å². The predicted octanol–water partition coefficient (Wildman–Crippen LogP) is 8.09. The summed E-state index contributed by atoms with van der Waals surface area (Å²) in [7, 11) is 0. The Morgan fingerprint density at radius 2 is 1.63 bits per heavy atom. The van der Waals surface area contributed by atoms with Gasteiger partial charge in [0.1, 0.15) is 6.10 Å². The van der Waals surface area contributed by atoms with Gasteiger partial charge in [0, 0.05) is 24.8 Å². The van der Waals surface area contributed by atoms with Crippen LogP contribution in [0.4, 0.5) is 0 Å². The van der Waals surface area contributed by atoms with E-state index in [-0.39, 0.29) is 57.4 Å². The average Bonchev–Trinajstić information content (AvgIpc) is 2.92.